The van der Waals surface area contributed by atoms with Gasteiger partial charge in [0.15, 0.2) is 12.4 Å². The number of aliphatic hydroxyl groups excluding tert-OH is 4. The molecule has 0 aromatic carbocycles. The molecule has 6 unspecified atom stereocenters. The summed E-state index contributed by atoms with van der Waals surface area (Å²) in [6.45, 7) is 3.45. The van der Waals surface area contributed by atoms with Gasteiger partial charge in [0, 0.05) is 12.8 Å². The van der Waals surface area contributed by atoms with Crippen LogP contribution in [0, 0.1) is 0 Å². The fourth-order valence-corrected chi connectivity index (χ4v) is 8.34. The minimum Gasteiger partial charge on any atom is -0.462 e. The van der Waals surface area contributed by atoms with Gasteiger partial charge in [-0.1, -0.05) is 218 Å². The molecule has 0 saturated carbocycles. The zero-order valence-electron chi connectivity index (χ0n) is 41.3. The SMILES string of the molecule is CCCCCCC/C=C\C/C=C\CCCCCCCCCCCCCC(=O)OC(COC(=O)CCCCCCCCCCCCCCCCCC)COC1OC(CO)C(O)C(O)C1O. The predicted octanol–water partition coefficient (Wildman–Crippen LogP) is 12.8. The van der Waals surface area contributed by atoms with Gasteiger partial charge in [-0.15, -0.1) is 0 Å². The van der Waals surface area contributed by atoms with Crippen molar-refractivity contribution < 1.29 is 49.0 Å². The van der Waals surface area contributed by atoms with Gasteiger partial charge < -0.3 is 39.4 Å². The van der Waals surface area contributed by atoms with Crippen LogP contribution in [0.2, 0.25) is 0 Å². The zero-order valence-corrected chi connectivity index (χ0v) is 41.3. The lowest BCUT2D eigenvalue weighted by molar-refractivity contribution is -0.305. The van der Waals surface area contributed by atoms with Crippen molar-refractivity contribution in [2.24, 2.45) is 0 Å². The summed E-state index contributed by atoms with van der Waals surface area (Å²) in [4.78, 5) is 25.5. The molecule has 6 atom stereocenters. The lowest BCUT2D eigenvalue weighted by Gasteiger charge is -2.39. The quantitative estimate of drug-likeness (QED) is 0.0264. The summed E-state index contributed by atoms with van der Waals surface area (Å²) in [6, 6.07) is 0. The molecule has 1 fully saturated rings. The summed E-state index contributed by atoms with van der Waals surface area (Å²) in [7, 11) is 0. The van der Waals surface area contributed by atoms with Crippen molar-refractivity contribution in [3.8, 4) is 0 Å². The summed E-state index contributed by atoms with van der Waals surface area (Å²) in [5, 5.41) is 40.2. The number of unbranched alkanes of at least 4 members (excludes halogenated alkanes) is 31. The molecular formula is C54H100O10. The molecule has 10 nitrogen and oxygen atoms in total. The number of rotatable bonds is 46. The maximum Gasteiger partial charge on any atom is 0.306 e. The average Bonchev–Trinajstić information content (AvgIpc) is 3.29. The Kier molecular flexibility index (Phi) is 42.3. The van der Waals surface area contributed by atoms with E-state index in [4.69, 9.17) is 18.9 Å². The van der Waals surface area contributed by atoms with E-state index in [0.717, 1.165) is 44.9 Å². The van der Waals surface area contributed by atoms with Gasteiger partial charge >= 0.3 is 11.9 Å². The highest BCUT2D eigenvalue weighted by Crippen LogP contribution is 2.23. The third-order valence-electron chi connectivity index (χ3n) is 12.6. The fourth-order valence-electron chi connectivity index (χ4n) is 8.34. The Balaban J connectivity index is 2.22. The largest absolute Gasteiger partial charge is 0.462 e. The minimum absolute atomic E-state index is 0.213. The normalized spacial score (nSPS) is 19.5. The summed E-state index contributed by atoms with van der Waals surface area (Å²) in [5.74, 6) is -0.795. The van der Waals surface area contributed by atoms with Crippen LogP contribution < -0.4 is 0 Å². The number of hydrogen-bond acceptors (Lipinski definition) is 10. The standard InChI is InChI=1S/C54H100O10/c1-3-5-7-9-11-13-15-17-19-21-22-23-24-25-26-27-29-31-33-35-37-39-41-43-50(57)63-47(46-62-54-53(60)52(59)51(58)48(44-55)64-54)45-61-49(56)42-40-38-36-34-32-30-28-20-18-16-14-12-10-8-6-4-2/h15,17,21-22,47-48,51-55,58-60H,3-14,16,18-20,23-46H2,1-2H3/b17-15-,22-21-. The van der Waals surface area contributed by atoms with Gasteiger partial charge in [-0.25, -0.2) is 0 Å². The van der Waals surface area contributed by atoms with Gasteiger partial charge in [-0.05, 0) is 44.9 Å². The zero-order chi connectivity index (χ0) is 46.6. The molecule has 1 rings (SSSR count). The third kappa shape index (κ3) is 35.4. The maximum atomic E-state index is 12.8. The molecule has 0 bridgehead atoms. The second kappa shape index (κ2) is 45.0. The number of carbonyl (C=O) groups excluding carboxylic acids is 2. The second-order valence-corrected chi connectivity index (χ2v) is 18.7. The molecule has 0 spiro atoms. The molecule has 0 aromatic rings. The third-order valence-corrected chi connectivity index (χ3v) is 12.6. The summed E-state index contributed by atoms with van der Waals surface area (Å²) < 4.78 is 22.3. The van der Waals surface area contributed by atoms with Crippen molar-refractivity contribution in [3.05, 3.63) is 24.3 Å². The van der Waals surface area contributed by atoms with Crippen LogP contribution in [-0.2, 0) is 28.5 Å². The smallest absolute Gasteiger partial charge is 0.306 e. The number of carbonyl (C=O) groups is 2. The van der Waals surface area contributed by atoms with Crippen LogP contribution in [-0.4, -0.2) is 89.0 Å². The topological polar surface area (TPSA) is 152 Å². The summed E-state index contributed by atoms with van der Waals surface area (Å²) in [5.41, 5.74) is 0. The Morgan fingerprint density at radius 3 is 1.30 bits per heavy atom. The highest BCUT2D eigenvalue weighted by Gasteiger charge is 2.44. The highest BCUT2D eigenvalue weighted by molar-refractivity contribution is 5.70. The Hall–Kier alpha value is -1.82. The van der Waals surface area contributed by atoms with E-state index in [2.05, 4.69) is 38.2 Å². The van der Waals surface area contributed by atoms with Gasteiger partial charge in [0.1, 0.15) is 31.0 Å². The number of aliphatic hydroxyl groups is 4. The van der Waals surface area contributed by atoms with Crippen LogP contribution in [0.4, 0.5) is 0 Å². The summed E-state index contributed by atoms with van der Waals surface area (Å²) >= 11 is 0. The van der Waals surface area contributed by atoms with Crippen molar-refractivity contribution >= 4 is 11.9 Å². The van der Waals surface area contributed by atoms with E-state index < -0.39 is 49.4 Å². The molecule has 1 aliphatic rings. The van der Waals surface area contributed by atoms with Gasteiger partial charge in [0.2, 0.25) is 0 Å². The van der Waals surface area contributed by atoms with Crippen LogP contribution in [0.25, 0.3) is 0 Å². The van der Waals surface area contributed by atoms with Crippen molar-refractivity contribution in [3.63, 3.8) is 0 Å². The second-order valence-electron chi connectivity index (χ2n) is 18.7. The van der Waals surface area contributed by atoms with Crippen molar-refractivity contribution in [2.45, 2.75) is 288 Å². The maximum absolute atomic E-state index is 12.8. The number of ether oxygens (including phenoxy) is 4. The van der Waals surface area contributed by atoms with E-state index >= 15 is 0 Å². The van der Waals surface area contributed by atoms with E-state index in [1.165, 1.54) is 173 Å². The molecule has 376 valence electrons. The molecule has 0 aromatic heterocycles. The van der Waals surface area contributed by atoms with Crippen molar-refractivity contribution in [2.75, 3.05) is 19.8 Å². The molecule has 4 N–H and O–H groups in total. The minimum atomic E-state index is -1.59. The molecule has 1 aliphatic heterocycles. The lowest BCUT2D eigenvalue weighted by Crippen LogP contribution is -2.59. The Morgan fingerprint density at radius 1 is 0.484 bits per heavy atom. The molecule has 64 heavy (non-hydrogen) atoms. The van der Waals surface area contributed by atoms with Crippen molar-refractivity contribution in [1.82, 2.24) is 0 Å². The molecule has 1 heterocycles. The lowest BCUT2D eigenvalue weighted by atomic mass is 9.99. The van der Waals surface area contributed by atoms with E-state index in [1.54, 1.807) is 0 Å². The molecular weight excluding hydrogens is 809 g/mol. The fraction of sp³-hybridized carbons (Fsp3) is 0.889. The summed E-state index contributed by atoms with van der Waals surface area (Å²) in [6.07, 6.45) is 44.7. The van der Waals surface area contributed by atoms with Gasteiger partial charge in [0.25, 0.3) is 0 Å². The van der Waals surface area contributed by atoms with Crippen LogP contribution in [0.5, 0.6) is 0 Å². The van der Waals surface area contributed by atoms with Gasteiger partial charge in [0.05, 0.1) is 13.2 Å². The first kappa shape index (κ1) is 60.2. The molecule has 1 saturated heterocycles. The van der Waals surface area contributed by atoms with Crippen molar-refractivity contribution in [1.29, 1.82) is 0 Å². The Morgan fingerprint density at radius 2 is 0.875 bits per heavy atom. The van der Waals surface area contributed by atoms with E-state index in [1.807, 2.05) is 0 Å². The molecule has 0 amide bonds. The van der Waals surface area contributed by atoms with Gasteiger partial charge in [-0.2, -0.15) is 0 Å². The van der Waals surface area contributed by atoms with Crippen LogP contribution >= 0.6 is 0 Å². The van der Waals surface area contributed by atoms with Crippen LogP contribution in [0.3, 0.4) is 0 Å². The molecule has 0 radical (unpaired) electrons. The number of esters is 2. The van der Waals surface area contributed by atoms with Crippen LogP contribution in [0.1, 0.15) is 251 Å². The van der Waals surface area contributed by atoms with Gasteiger partial charge in [-0.3, -0.25) is 9.59 Å². The molecule has 10 heteroatoms. The van der Waals surface area contributed by atoms with E-state index in [9.17, 15) is 30.0 Å². The monoisotopic (exact) mass is 909 g/mol. The molecule has 0 aliphatic carbocycles. The highest BCUT2D eigenvalue weighted by atomic mass is 16.7. The van der Waals surface area contributed by atoms with E-state index in [-0.39, 0.29) is 32.0 Å². The first-order valence-electron chi connectivity index (χ1n) is 26.9. The average molecular weight is 909 g/mol. The van der Waals surface area contributed by atoms with E-state index in [0.29, 0.717) is 6.42 Å². The first-order valence-corrected chi connectivity index (χ1v) is 26.9. The number of allylic oxidation sites excluding steroid dienone is 4. The number of hydrogen-bond donors (Lipinski definition) is 4. The Labute approximate surface area is 392 Å². The predicted molar refractivity (Wildman–Crippen MR) is 261 cm³/mol. The Bertz CT molecular complexity index is 1100. The first-order chi connectivity index (χ1) is 31.3. The van der Waals surface area contributed by atoms with Crippen LogP contribution in [0.15, 0.2) is 24.3 Å².